The SMILES string of the molecule is CCOC(=O)C(C)c1[nH]nc2ccc([N+](=O)[O-])cc12.c1ccc2ncccc2c1. The van der Waals surface area contributed by atoms with E-state index in [-0.39, 0.29) is 18.3 Å². The van der Waals surface area contributed by atoms with Gasteiger partial charge in [0.15, 0.2) is 0 Å². The second-order valence-electron chi connectivity index (χ2n) is 6.27. The first-order valence-corrected chi connectivity index (χ1v) is 9.10. The number of aromatic amines is 1. The predicted octanol–water partition coefficient (Wildman–Crippen LogP) is 4.37. The van der Waals surface area contributed by atoms with Crippen LogP contribution in [0, 0.1) is 10.1 Å². The smallest absolute Gasteiger partial charge is 0.314 e. The molecule has 0 aliphatic carbocycles. The van der Waals surface area contributed by atoms with Gasteiger partial charge in [-0.05, 0) is 32.0 Å². The largest absolute Gasteiger partial charge is 0.465 e. The molecule has 4 rings (SSSR count). The maximum absolute atomic E-state index is 11.7. The summed E-state index contributed by atoms with van der Waals surface area (Å²) in [7, 11) is 0. The lowest BCUT2D eigenvalue weighted by atomic mass is 10.0. The predicted molar refractivity (Wildman–Crippen MR) is 110 cm³/mol. The minimum atomic E-state index is -0.549. The van der Waals surface area contributed by atoms with E-state index in [1.807, 2.05) is 30.5 Å². The molecular weight excluding hydrogens is 372 g/mol. The topological polar surface area (TPSA) is 111 Å². The molecule has 2 aromatic heterocycles. The number of nitro benzene ring substituents is 1. The summed E-state index contributed by atoms with van der Waals surface area (Å²) in [5, 5.41) is 19.3. The number of nitrogens with one attached hydrogen (secondary N) is 1. The van der Waals surface area contributed by atoms with Gasteiger partial charge >= 0.3 is 5.97 Å². The number of non-ortho nitro benzene ring substituents is 1. The lowest BCUT2D eigenvalue weighted by Gasteiger charge is -2.08. The Balaban J connectivity index is 0.000000200. The summed E-state index contributed by atoms with van der Waals surface area (Å²) in [5.41, 5.74) is 2.13. The number of benzene rings is 2. The van der Waals surface area contributed by atoms with E-state index in [0.717, 1.165) is 5.52 Å². The molecular formula is C21H20N4O4. The Hall–Kier alpha value is -3.81. The number of carbonyl (C=O) groups excluding carboxylic acids is 1. The van der Waals surface area contributed by atoms with Crippen LogP contribution >= 0.6 is 0 Å². The zero-order valence-electron chi connectivity index (χ0n) is 16.0. The summed E-state index contributed by atoms with van der Waals surface area (Å²) >= 11 is 0. The van der Waals surface area contributed by atoms with Crippen LogP contribution in [-0.2, 0) is 9.53 Å². The fraction of sp³-hybridized carbons (Fsp3) is 0.190. The Morgan fingerprint density at radius 1 is 1.17 bits per heavy atom. The van der Waals surface area contributed by atoms with Crippen molar-refractivity contribution in [2.24, 2.45) is 0 Å². The van der Waals surface area contributed by atoms with Crippen molar-refractivity contribution >= 4 is 33.5 Å². The number of para-hydroxylation sites is 1. The monoisotopic (exact) mass is 392 g/mol. The Morgan fingerprint density at radius 3 is 2.66 bits per heavy atom. The molecule has 0 aliphatic heterocycles. The number of H-pyrrole nitrogens is 1. The van der Waals surface area contributed by atoms with Crippen LogP contribution in [0.2, 0.25) is 0 Å². The van der Waals surface area contributed by atoms with Gasteiger partial charge in [-0.15, -0.1) is 0 Å². The number of hydrogen-bond donors (Lipinski definition) is 1. The van der Waals surface area contributed by atoms with Crippen LogP contribution in [0.3, 0.4) is 0 Å². The van der Waals surface area contributed by atoms with E-state index in [2.05, 4.69) is 27.3 Å². The Morgan fingerprint density at radius 2 is 1.93 bits per heavy atom. The molecule has 2 heterocycles. The molecule has 0 aliphatic rings. The molecule has 0 radical (unpaired) electrons. The van der Waals surface area contributed by atoms with Gasteiger partial charge in [-0.1, -0.05) is 24.3 Å². The molecule has 8 nitrogen and oxygen atoms in total. The van der Waals surface area contributed by atoms with Crippen LogP contribution in [0.15, 0.2) is 60.8 Å². The maximum Gasteiger partial charge on any atom is 0.314 e. The van der Waals surface area contributed by atoms with Crippen LogP contribution in [0.4, 0.5) is 5.69 Å². The Bertz CT molecular complexity index is 1090. The minimum Gasteiger partial charge on any atom is -0.465 e. The van der Waals surface area contributed by atoms with Crippen molar-refractivity contribution in [3.63, 3.8) is 0 Å². The van der Waals surface area contributed by atoms with Crippen molar-refractivity contribution in [3.8, 4) is 0 Å². The molecule has 2 aromatic carbocycles. The van der Waals surface area contributed by atoms with Gasteiger partial charge in [0.05, 0.1) is 34.2 Å². The number of esters is 1. The first-order chi connectivity index (χ1) is 14.0. The normalized spacial score (nSPS) is 11.5. The lowest BCUT2D eigenvalue weighted by Crippen LogP contribution is -2.13. The van der Waals surface area contributed by atoms with Crippen LogP contribution in [-0.4, -0.2) is 32.7 Å². The number of hydrogen-bond acceptors (Lipinski definition) is 6. The van der Waals surface area contributed by atoms with Crippen molar-refractivity contribution in [1.82, 2.24) is 15.2 Å². The Kier molecular flexibility index (Phi) is 6.13. The van der Waals surface area contributed by atoms with Crippen molar-refractivity contribution in [2.75, 3.05) is 6.61 Å². The third kappa shape index (κ3) is 4.55. The first-order valence-electron chi connectivity index (χ1n) is 9.10. The molecule has 1 N–H and O–H groups in total. The van der Waals surface area contributed by atoms with E-state index in [1.54, 1.807) is 19.9 Å². The van der Waals surface area contributed by atoms with Crippen molar-refractivity contribution in [1.29, 1.82) is 0 Å². The number of rotatable bonds is 4. The third-order valence-electron chi connectivity index (χ3n) is 4.36. The van der Waals surface area contributed by atoms with Gasteiger partial charge in [-0.3, -0.25) is 25.0 Å². The molecule has 0 fully saturated rings. The molecule has 1 unspecified atom stereocenters. The number of pyridine rings is 1. The van der Waals surface area contributed by atoms with Crippen molar-refractivity contribution in [3.05, 3.63) is 76.6 Å². The molecule has 0 saturated carbocycles. The molecule has 1 atom stereocenters. The lowest BCUT2D eigenvalue weighted by molar-refractivity contribution is -0.384. The van der Waals surface area contributed by atoms with Gasteiger partial charge in [-0.25, -0.2) is 0 Å². The van der Waals surface area contributed by atoms with E-state index >= 15 is 0 Å². The summed E-state index contributed by atoms with van der Waals surface area (Å²) in [6.07, 6.45) is 1.81. The summed E-state index contributed by atoms with van der Waals surface area (Å²) in [4.78, 5) is 26.2. The number of nitro groups is 1. The number of fused-ring (bicyclic) bond motifs is 2. The van der Waals surface area contributed by atoms with Crippen LogP contribution in [0.5, 0.6) is 0 Å². The highest BCUT2D eigenvalue weighted by molar-refractivity contribution is 5.89. The molecule has 4 aromatic rings. The van der Waals surface area contributed by atoms with Gasteiger partial charge in [0, 0.05) is 29.1 Å². The molecule has 0 spiro atoms. The van der Waals surface area contributed by atoms with Crippen LogP contribution in [0.1, 0.15) is 25.5 Å². The van der Waals surface area contributed by atoms with Gasteiger partial charge in [0.2, 0.25) is 0 Å². The molecule has 0 saturated heterocycles. The molecule has 0 bridgehead atoms. The zero-order valence-corrected chi connectivity index (χ0v) is 16.0. The highest BCUT2D eigenvalue weighted by Crippen LogP contribution is 2.27. The highest BCUT2D eigenvalue weighted by Gasteiger charge is 2.22. The van der Waals surface area contributed by atoms with E-state index in [4.69, 9.17) is 4.74 Å². The number of aromatic nitrogens is 3. The van der Waals surface area contributed by atoms with Crippen molar-refractivity contribution < 1.29 is 14.5 Å². The van der Waals surface area contributed by atoms with Gasteiger partial charge < -0.3 is 4.74 Å². The Labute approximate surface area is 166 Å². The quantitative estimate of drug-likeness (QED) is 0.313. The van der Waals surface area contributed by atoms with Crippen LogP contribution in [0.25, 0.3) is 21.8 Å². The second kappa shape index (κ2) is 8.92. The maximum atomic E-state index is 11.7. The van der Waals surface area contributed by atoms with Gasteiger partial charge in [0.25, 0.3) is 5.69 Å². The number of nitrogens with zero attached hydrogens (tertiary/aromatic N) is 3. The summed E-state index contributed by atoms with van der Waals surface area (Å²) in [6, 6.07) is 16.4. The average Bonchev–Trinajstić information content (AvgIpc) is 3.17. The summed E-state index contributed by atoms with van der Waals surface area (Å²) in [6.45, 7) is 3.68. The van der Waals surface area contributed by atoms with Gasteiger partial charge in [-0.2, -0.15) is 5.10 Å². The third-order valence-corrected chi connectivity index (χ3v) is 4.36. The second-order valence-corrected chi connectivity index (χ2v) is 6.27. The summed E-state index contributed by atoms with van der Waals surface area (Å²) < 4.78 is 4.93. The standard InChI is InChI=1S/C12H13N3O4.C9H7N/c1-3-19-12(16)7(2)11-9-6-8(15(17)18)4-5-10(9)13-14-11;1-2-6-9-8(4-1)5-3-7-10-9/h4-7H,3H2,1-2H3,(H,13,14);1-7H. The summed E-state index contributed by atoms with van der Waals surface area (Å²) in [5.74, 6) is -0.938. The molecule has 148 valence electrons. The zero-order chi connectivity index (χ0) is 20.8. The van der Waals surface area contributed by atoms with E-state index < -0.39 is 10.8 Å². The number of ether oxygens (including phenoxy) is 1. The fourth-order valence-electron chi connectivity index (χ4n) is 2.86. The highest BCUT2D eigenvalue weighted by atomic mass is 16.6. The van der Waals surface area contributed by atoms with Crippen molar-refractivity contribution in [2.45, 2.75) is 19.8 Å². The fourth-order valence-corrected chi connectivity index (χ4v) is 2.86. The molecule has 8 heteroatoms. The van der Waals surface area contributed by atoms with E-state index in [9.17, 15) is 14.9 Å². The minimum absolute atomic E-state index is 0.0359. The molecule has 29 heavy (non-hydrogen) atoms. The molecule has 0 amide bonds. The van der Waals surface area contributed by atoms with Gasteiger partial charge in [0.1, 0.15) is 0 Å². The number of carbonyl (C=O) groups is 1. The van der Waals surface area contributed by atoms with Crippen LogP contribution < -0.4 is 0 Å². The average molecular weight is 392 g/mol. The first kappa shape index (κ1) is 19.9. The van der Waals surface area contributed by atoms with E-state index in [1.165, 1.54) is 17.5 Å². The van der Waals surface area contributed by atoms with E-state index in [0.29, 0.717) is 16.6 Å².